The number of carbonyl (C=O) groups is 1. The van der Waals surface area contributed by atoms with Gasteiger partial charge in [-0.2, -0.15) is 0 Å². The zero-order chi connectivity index (χ0) is 26.7. The fourth-order valence-electron chi connectivity index (χ4n) is 5.99. The molecule has 5 rings (SSSR count). The number of carbonyl (C=O) groups excluding carboxylic acids is 1. The highest BCUT2D eigenvalue weighted by Gasteiger charge is 2.42. The predicted octanol–water partition coefficient (Wildman–Crippen LogP) is 2.89. The predicted molar refractivity (Wildman–Crippen MR) is 143 cm³/mol. The van der Waals surface area contributed by atoms with Gasteiger partial charge in [-0.15, -0.1) is 0 Å². The maximum absolute atomic E-state index is 13.3. The third kappa shape index (κ3) is 4.83. The highest BCUT2D eigenvalue weighted by atomic mass is 32.2. The first-order valence-electron chi connectivity index (χ1n) is 12.9. The molecule has 1 fully saturated rings. The second-order valence-electron chi connectivity index (χ2n) is 11.5. The molecule has 2 aliphatic heterocycles. The number of hydrogen-bond donors (Lipinski definition) is 2. The number of aromatic nitrogens is 1. The van der Waals surface area contributed by atoms with E-state index < -0.39 is 15.4 Å². The number of nitrogens with one attached hydrogen (secondary N) is 2. The van der Waals surface area contributed by atoms with Crippen LogP contribution >= 0.6 is 0 Å². The summed E-state index contributed by atoms with van der Waals surface area (Å²) in [7, 11) is -1.90. The van der Waals surface area contributed by atoms with E-state index in [1.807, 2.05) is 20.8 Å². The van der Waals surface area contributed by atoms with Gasteiger partial charge in [0.05, 0.1) is 22.2 Å². The van der Waals surface area contributed by atoms with Gasteiger partial charge >= 0.3 is 6.09 Å². The Labute approximate surface area is 218 Å². The number of allylic oxidation sites excluding steroid dienone is 1. The molecule has 0 saturated heterocycles. The molecular weight excluding hydrogens is 492 g/mol. The minimum atomic E-state index is -3.59. The normalized spacial score (nSPS) is 25.3. The van der Waals surface area contributed by atoms with E-state index >= 15 is 0 Å². The minimum Gasteiger partial charge on any atom is -0.444 e. The molecule has 2 N–H and O–H groups in total. The number of aryl methyl sites for hydroxylation is 1. The molecule has 4 aliphatic rings. The average Bonchev–Trinajstić information content (AvgIpc) is 3.09. The van der Waals surface area contributed by atoms with Crippen molar-refractivity contribution in [1.82, 2.24) is 20.1 Å². The lowest BCUT2D eigenvalue weighted by atomic mass is 9.87. The summed E-state index contributed by atoms with van der Waals surface area (Å²) >= 11 is 0. The summed E-state index contributed by atoms with van der Waals surface area (Å²) in [4.78, 5) is 28.1. The number of alkyl carbamates (subject to hydrolysis) is 1. The molecule has 0 radical (unpaired) electrons. The quantitative estimate of drug-likeness (QED) is 0.621. The lowest BCUT2D eigenvalue weighted by Gasteiger charge is -2.40. The fraction of sp³-hybridized carbons (Fsp3) is 0.556. The van der Waals surface area contributed by atoms with Gasteiger partial charge in [-0.3, -0.25) is 4.79 Å². The number of rotatable bonds is 3. The summed E-state index contributed by atoms with van der Waals surface area (Å²) in [5, 5.41) is 6.44. The maximum Gasteiger partial charge on any atom is 0.407 e. The number of hydrogen-bond acceptors (Lipinski definition) is 7. The molecular formula is C27H36N4O5S. The molecule has 1 amide bonds. The number of fused-ring (bicyclic) bond motifs is 2. The summed E-state index contributed by atoms with van der Waals surface area (Å²) < 4.78 is 32.7. The number of pyridine rings is 1. The number of sulfone groups is 1. The van der Waals surface area contributed by atoms with Crippen molar-refractivity contribution in [1.29, 1.82) is 0 Å². The lowest BCUT2D eigenvalue weighted by Crippen LogP contribution is -2.47. The Morgan fingerprint density at radius 1 is 1.16 bits per heavy atom. The van der Waals surface area contributed by atoms with E-state index in [9.17, 15) is 18.0 Å². The van der Waals surface area contributed by atoms with Crippen LogP contribution in [0.1, 0.15) is 64.0 Å². The molecule has 37 heavy (non-hydrogen) atoms. The minimum absolute atomic E-state index is 0.0690. The summed E-state index contributed by atoms with van der Waals surface area (Å²) in [6.07, 6.45) is 10.6. The first kappa shape index (κ1) is 25.6. The molecule has 1 aromatic heterocycles. The highest BCUT2D eigenvalue weighted by molar-refractivity contribution is 8.00. The van der Waals surface area contributed by atoms with Gasteiger partial charge in [0, 0.05) is 55.5 Å². The average molecular weight is 529 g/mol. The van der Waals surface area contributed by atoms with Crippen molar-refractivity contribution in [2.45, 2.75) is 76.6 Å². The molecule has 1 unspecified atom stereocenters. The zero-order valence-electron chi connectivity index (χ0n) is 22.1. The van der Waals surface area contributed by atoms with Gasteiger partial charge < -0.3 is 24.8 Å². The Hall–Kier alpha value is -3.01. The summed E-state index contributed by atoms with van der Waals surface area (Å²) in [6, 6.07) is 2.13. The van der Waals surface area contributed by atoms with Crippen molar-refractivity contribution in [2.75, 3.05) is 12.8 Å². The van der Waals surface area contributed by atoms with Gasteiger partial charge in [-0.25, -0.2) is 13.2 Å². The van der Waals surface area contributed by atoms with Crippen LogP contribution in [0, 0.1) is 0 Å². The van der Waals surface area contributed by atoms with Gasteiger partial charge in [-0.1, -0.05) is 0 Å². The van der Waals surface area contributed by atoms with Gasteiger partial charge in [0.15, 0.2) is 9.84 Å². The molecule has 1 saturated carbocycles. The molecule has 10 heteroatoms. The van der Waals surface area contributed by atoms with Crippen LogP contribution in [0.3, 0.4) is 0 Å². The van der Waals surface area contributed by atoms with Crippen molar-refractivity contribution in [3.05, 3.63) is 57.2 Å². The van der Waals surface area contributed by atoms with Crippen molar-refractivity contribution in [3.8, 4) is 0 Å². The molecule has 200 valence electrons. The topological polar surface area (TPSA) is 110 Å². The van der Waals surface area contributed by atoms with E-state index in [4.69, 9.17) is 4.74 Å². The van der Waals surface area contributed by atoms with Crippen LogP contribution in [-0.4, -0.2) is 60.5 Å². The Balaban J connectivity index is 1.45. The molecule has 3 heterocycles. The van der Waals surface area contributed by atoms with Gasteiger partial charge in [-0.05, 0) is 70.6 Å². The van der Waals surface area contributed by atoms with Crippen molar-refractivity contribution in [3.63, 3.8) is 0 Å². The zero-order valence-corrected chi connectivity index (χ0v) is 22.9. The van der Waals surface area contributed by atoms with Crippen LogP contribution in [0.4, 0.5) is 4.79 Å². The standard InChI is InChI=1S/C27H36N4O5S/c1-27(2,3)36-26(33)29-17-6-8-18(9-7-17)31-15-16-14-21(37(5,34)35)19-11-13-30(4)25(32)23(19)24-22(16)20(31)10-12-28-24/h11,13-15,17-18,20,28H,6-10,12H2,1-5H3,(H,29,33). The molecule has 0 bridgehead atoms. The van der Waals surface area contributed by atoms with Crippen LogP contribution in [-0.2, 0) is 21.6 Å². The molecule has 1 aromatic rings. The monoisotopic (exact) mass is 528 g/mol. The van der Waals surface area contributed by atoms with E-state index in [0.717, 1.165) is 48.9 Å². The SMILES string of the molecule is Cn1ccc2c(c1=O)C1=C3C(=CN(C4CCC(NC(=O)OC(C)(C)C)CC4)C3CCN1)C=C2S(C)(=O)=O. The van der Waals surface area contributed by atoms with Gasteiger partial charge in [0.2, 0.25) is 0 Å². The van der Waals surface area contributed by atoms with Crippen LogP contribution in [0.5, 0.6) is 0 Å². The number of ether oxygens (including phenoxy) is 1. The molecule has 0 aromatic carbocycles. The Bertz CT molecular complexity index is 1390. The van der Waals surface area contributed by atoms with Crippen molar-refractivity contribution in [2.24, 2.45) is 7.05 Å². The molecule has 2 aliphatic carbocycles. The summed E-state index contributed by atoms with van der Waals surface area (Å²) in [6.45, 7) is 6.26. The fourth-order valence-corrected chi connectivity index (χ4v) is 6.90. The van der Waals surface area contributed by atoms with Crippen molar-refractivity contribution >= 4 is 26.5 Å². The van der Waals surface area contributed by atoms with E-state index in [0.29, 0.717) is 17.7 Å². The van der Waals surface area contributed by atoms with Crippen LogP contribution in [0.15, 0.2) is 40.5 Å². The third-order valence-corrected chi connectivity index (χ3v) is 8.73. The first-order chi connectivity index (χ1) is 17.3. The van der Waals surface area contributed by atoms with E-state index in [-0.39, 0.29) is 34.7 Å². The van der Waals surface area contributed by atoms with Crippen LogP contribution in [0.2, 0.25) is 0 Å². The van der Waals surface area contributed by atoms with E-state index in [2.05, 4.69) is 21.7 Å². The smallest absolute Gasteiger partial charge is 0.407 e. The van der Waals surface area contributed by atoms with Gasteiger partial charge in [0.1, 0.15) is 5.60 Å². The summed E-state index contributed by atoms with van der Waals surface area (Å²) in [5.41, 5.74) is 2.74. The second-order valence-corrected chi connectivity index (χ2v) is 13.5. The molecule has 9 nitrogen and oxygen atoms in total. The summed E-state index contributed by atoms with van der Waals surface area (Å²) in [5.74, 6) is 0. The third-order valence-electron chi connectivity index (χ3n) is 7.59. The number of amides is 1. The van der Waals surface area contributed by atoms with Crippen molar-refractivity contribution < 1.29 is 17.9 Å². The molecule has 1 atom stereocenters. The van der Waals surface area contributed by atoms with E-state index in [1.54, 1.807) is 25.4 Å². The highest BCUT2D eigenvalue weighted by Crippen LogP contribution is 2.45. The Kier molecular flexibility index (Phi) is 6.29. The largest absolute Gasteiger partial charge is 0.444 e. The number of nitrogens with zero attached hydrogens (tertiary/aromatic N) is 2. The lowest BCUT2D eigenvalue weighted by molar-refractivity contribution is 0.0480. The first-order valence-corrected chi connectivity index (χ1v) is 14.8. The van der Waals surface area contributed by atoms with Crippen LogP contribution < -0.4 is 16.2 Å². The Morgan fingerprint density at radius 3 is 2.51 bits per heavy atom. The molecule has 0 spiro atoms. The maximum atomic E-state index is 13.3. The second kappa shape index (κ2) is 9.08. The van der Waals surface area contributed by atoms with Crippen LogP contribution in [0.25, 0.3) is 10.6 Å². The van der Waals surface area contributed by atoms with E-state index in [1.165, 1.54) is 10.8 Å². The Morgan fingerprint density at radius 2 is 1.86 bits per heavy atom. The van der Waals surface area contributed by atoms with Gasteiger partial charge in [0.25, 0.3) is 5.56 Å².